The molecule has 1 spiro atoms. The maximum Gasteiger partial charge on any atom is 0.169 e. The lowest BCUT2D eigenvalue weighted by molar-refractivity contribution is -0.312. The zero-order valence-corrected chi connectivity index (χ0v) is 29.4. The minimum atomic E-state index is -0.360. The fourth-order valence-corrected chi connectivity index (χ4v) is 11.5. The molecule has 0 amide bonds. The summed E-state index contributed by atoms with van der Waals surface area (Å²) in [5.74, 6) is 3.09. The first-order valence-electron chi connectivity index (χ1n) is 18.7. The topological polar surface area (TPSA) is 36.9 Å². The first-order chi connectivity index (χ1) is 22.3. The van der Waals surface area contributed by atoms with Gasteiger partial charge in [-0.2, -0.15) is 11.3 Å². The molecule has 4 aliphatic carbocycles. The fraction of sp³-hybridized carbons (Fsp3) is 0.707. The molecule has 7 atom stereocenters. The Hall–Kier alpha value is -1.50. The molecule has 0 radical (unpaired) electrons. The van der Waals surface area contributed by atoms with Crippen LogP contribution in [0.15, 0.2) is 52.2 Å². The summed E-state index contributed by atoms with van der Waals surface area (Å²) in [6.07, 6.45) is 15.9. The van der Waals surface area contributed by atoms with Gasteiger partial charge in [0.1, 0.15) is 0 Å². The van der Waals surface area contributed by atoms with Crippen LogP contribution < -0.4 is 0 Å². The Balaban J connectivity index is 1.06. The van der Waals surface area contributed by atoms with Gasteiger partial charge in [0.2, 0.25) is 0 Å². The number of fused-ring (bicyclic) bond motifs is 4. The Labute approximate surface area is 281 Å². The highest BCUT2D eigenvalue weighted by Crippen LogP contribution is 2.67. The molecule has 46 heavy (non-hydrogen) atoms. The molecule has 1 aromatic carbocycles. The van der Waals surface area contributed by atoms with E-state index in [0.717, 1.165) is 76.3 Å². The van der Waals surface area contributed by atoms with Crippen molar-refractivity contribution >= 4 is 11.3 Å². The van der Waals surface area contributed by atoms with Crippen LogP contribution in [0.3, 0.4) is 0 Å². The summed E-state index contributed by atoms with van der Waals surface area (Å²) in [7, 11) is 0. The lowest BCUT2D eigenvalue weighted by Crippen LogP contribution is -2.51. The number of hydrogen-bond donors (Lipinski definition) is 0. The van der Waals surface area contributed by atoms with Crippen molar-refractivity contribution in [1.82, 2.24) is 0 Å². The normalized spacial score (nSPS) is 36.7. The summed E-state index contributed by atoms with van der Waals surface area (Å²) >= 11 is 1.79. The van der Waals surface area contributed by atoms with E-state index in [9.17, 15) is 0 Å². The molecule has 8 rings (SSSR count). The van der Waals surface area contributed by atoms with Crippen molar-refractivity contribution in [3.63, 3.8) is 0 Å². The van der Waals surface area contributed by atoms with Crippen molar-refractivity contribution in [2.75, 3.05) is 26.4 Å². The molecular formula is C41H56O4S. The molecule has 3 heterocycles. The second kappa shape index (κ2) is 12.8. The third-order valence-corrected chi connectivity index (χ3v) is 14.0. The predicted octanol–water partition coefficient (Wildman–Crippen LogP) is 10.5. The molecule has 250 valence electrons. The third-order valence-electron chi connectivity index (χ3n) is 13.3. The van der Waals surface area contributed by atoms with Crippen LogP contribution in [0.5, 0.6) is 0 Å². The van der Waals surface area contributed by atoms with Crippen LogP contribution in [-0.2, 0) is 18.9 Å². The smallest absolute Gasteiger partial charge is 0.169 e. The molecule has 5 heteroatoms. The molecule has 6 aliphatic rings. The Morgan fingerprint density at radius 2 is 1.74 bits per heavy atom. The standard InChI is InChI=1S/C41H56O4S/c1-39(2)26-44-41(45-27-39)19-17-33-30(23-41)13-15-34-36-16-14-32(7-6-21-43-37-8-4-5-20-42-37)40(36,3)24-35(38(33)34)29-11-9-28(10-12-29)31-18-22-46-25-31/h9-12,18,22,25,30,32,34-37H,4-8,13-17,19-21,23-24,26-27H2,1-3H3/t30-,32+,34-,35+,36-,37?,40-/m0/s1. The van der Waals surface area contributed by atoms with Gasteiger partial charge in [-0.25, -0.2) is 0 Å². The molecule has 5 fully saturated rings. The Morgan fingerprint density at radius 3 is 2.50 bits per heavy atom. The summed E-state index contributed by atoms with van der Waals surface area (Å²) in [4.78, 5) is 0. The average Bonchev–Trinajstić information content (AvgIpc) is 3.73. The Bertz CT molecular complexity index is 1360. The Morgan fingerprint density at radius 1 is 0.891 bits per heavy atom. The van der Waals surface area contributed by atoms with E-state index >= 15 is 0 Å². The van der Waals surface area contributed by atoms with Crippen molar-refractivity contribution in [3.05, 3.63) is 57.8 Å². The van der Waals surface area contributed by atoms with E-state index < -0.39 is 0 Å². The fourth-order valence-electron chi connectivity index (χ4n) is 10.8. The van der Waals surface area contributed by atoms with Crippen LogP contribution in [0.25, 0.3) is 11.1 Å². The summed E-state index contributed by atoms with van der Waals surface area (Å²) in [6.45, 7) is 10.6. The van der Waals surface area contributed by atoms with Gasteiger partial charge < -0.3 is 18.9 Å². The molecule has 4 nitrogen and oxygen atoms in total. The van der Waals surface area contributed by atoms with E-state index in [1.54, 1.807) is 22.5 Å². The first kappa shape index (κ1) is 31.7. The van der Waals surface area contributed by atoms with Gasteiger partial charge in [0.05, 0.1) is 13.2 Å². The summed E-state index contributed by atoms with van der Waals surface area (Å²) in [6, 6.07) is 12.0. The summed E-state index contributed by atoms with van der Waals surface area (Å²) in [5.41, 5.74) is 8.39. The van der Waals surface area contributed by atoms with Crippen LogP contribution in [0, 0.1) is 34.5 Å². The van der Waals surface area contributed by atoms with Gasteiger partial charge in [0, 0.05) is 37.4 Å². The van der Waals surface area contributed by atoms with Gasteiger partial charge in [0.15, 0.2) is 12.1 Å². The van der Waals surface area contributed by atoms with E-state index in [1.807, 2.05) is 5.57 Å². The number of allylic oxidation sites excluding steroid dienone is 2. The van der Waals surface area contributed by atoms with Crippen LogP contribution >= 0.6 is 11.3 Å². The van der Waals surface area contributed by atoms with Crippen LogP contribution in [0.1, 0.15) is 116 Å². The van der Waals surface area contributed by atoms with Crippen LogP contribution in [-0.4, -0.2) is 38.5 Å². The lowest BCUT2D eigenvalue weighted by atomic mass is 9.50. The van der Waals surface area contributed by atoms with Crippen LogP contribution in [0.2, 0.25) is 0 Å². The molecule has 2 aromatic rings. The van der Waals surface area contributed by atoms with Crippen LogP contribution in [0.4, 0.5) is 0 Å². The highest BCUT2D eigenvalue weighted by Gasteiger charge is 2.57. The van der Waals surface area contributed by atoms with E-state index in [4.69, 9.17) is 18.9 Å². The quantitative estimate of drug-likeness (QED) is 0.222. The number of thiophene rings is 1. The van der Waals surface area contributed by atoms with Gasteiger partial charge in [-0.05, 0) is 133 Å². The third kappa shape index (κ3) is 5.99. The van der Waals surface area contributed by atoms with Crippen molar-refractivity contribution in [2.24, 2.45) is 34.5 Å². The summed E-state index contributed by atoms with van der Waals surface area (Å²) < 4.78 is 25.2. The predicted molar refractivity (Wildman–Crippen MR) is 186 cm³/mol. The minimum absolute atomic E-state index is 0.0340. The van der Waals surface area contributed by atoms with E-state index in [2.05, 4.69) is 61.9 Å². The molecule has 1 unspecified atom stereocenters. The highest BCUT2D eigenvalue weighted by atomic mass is 32.1. The minimum Gasteiger partial charge on any atom is -0.353 e. The number of benzene rings is 1. The molecule has 0 bridgehead atoms. The average molecular weight is 645 g/mol. The summed E-state index contributed by atoms with van der Waals surface area (Å²) in [5, 5.41) is 4.46. The van der Waals surface area contributed by atoms with E-state index in [-0.39, 0.29) is 17.5 Å². The van der Waals surface area contributed by atoms with E-state index in [0.29, 0.717) is 17.3 Å². The second-order valence-corrected chi connectivity index (χ2v) is 17.6. The zero-order chi connectivity index (χ0) is 31.4. The molecule has 1 aromatic heterocycles. The van der Waals surface area contributed by atoms with Gasteiger partial charge in [-0.1, -0.05) is 56.2 Å². The van der Waals surface area contributed by atoms with Gasteiger partial charge in [-0.3, -0.25) is 0 Å². The molecule has 0 N–H and O–H groups in total. The molecular weight excluding hydrogens is 589 g/mol. The van der Waals surface area contributed by atoms with Gasteiger partial charge in [0.25, 0.3) is 0 Å². The second-order valence-electron chi connectivity index (χ2n) is 16.8. The van der Waals surface area contributed by atoms with E-state index in [1.165, 1.54) is 62.5 Å². The van der Waals surface area contributed by atoms with Crippen molar-refractivity contribution in [1.29, 1.82) is 0 Å². The molecule has 2 saturated heterocycles. The maximum atomic E-state index is 6.59. The monoisotopic (exact) mass is 644 g/mol. The number of ether oxygens (including phenoxy) is 4. The molecule has 2 aliphatic heterocycles. The first-order valence-corrected chi connectivity index (χ1v) is 19.6. The largest absolute Gasteiger partial charge is 0.353 e. The lowest BCUT2D eigenvalue weighted by Gasteiger charge is -2.55. The van der Waals surface area contributed by atoms with Gasteiger partial charge in [-0.15, -0.1) is 0 Å². The SMILES string of the molecule is CC1(C)COC2(CCC3=C4[C@@H](CC[C@H]3C2)[C@@H]2CC[C@@H](CCCOC3CCCCO3)[C@]2(C)C[C@@H]4c2ccc(-c3ccsc3)cc2)OC1. The number of rotatable bonds is 7. The Kier molecular flexibility index (Phi) is 8.80. The number of hydrogen-bond acceptors (Lipinski definition) is 5. The maximum absolute atomic E-state index is 6.59. The van der Waals surface area contributed by atoms with Crippen molar-refractivity contribution in [2.45, 2.75) is 122 Å². The zero-order valence-electron chi connectivity index (χ0n) is 28.6. The van der Waals surface area contributed by atoms with Crippen molar-refractivity contribution < 1.29 is 18.9 Å². The van der Waals surface area contributed by atoms with Crippen molar-refractivity contribution in [3.8, 4) is 11.1 Å². The molecule has 3 saturated carbocycles. The van der Waals surface area contributed by atoms with Gasteiger partial charge >= 0.3 is 0 Å². The highest BCUT2D eigenvalue weighted by molar-refractivity contribution is 7.08.